The molecule has 1 aromatic heterocycles. The quantitative estimate of drug-likeness (QED) is 0.516. The second-order valence-electron chi connectivity index (χ2n) is 4.81. The Morgan fingerprint density at radius 3 is 2.90 bits per heavy atom. The molecule has 5 heteroatoms. The Labute approximate surface area is 133 Å². The number of aromatic nitrogens is 2. The SMILES string of the molecule is COCCCCCn1c(CCCl)nc2ccc(Br)cc21. The number of halogens is 2. The van der Waals surface area contributed by atoms with Gasteiger partial charge in [-0.2, -0.15) is 0 Å². The van der Waals surface area contributed by atoms with Gasteiger partial charge in [-0.3, -0.25) is 0 Å². The Bertz CT molecular complexity index is 556. The molecule has 0 radical (unpaired) electrons. The van der Waals surface area contributed by atoms with Crippen LogP contribution in [0.5, 0.6) is 0 Å². The first-order valence-corrected chi connectivity index (χ1v) is 8.28. The summed E-state index contributed by atoms with van der Waals surface area (Å²) in [6.07, 6.45) is 4.22. The van der Waals surface area contributed by atoms with Gasteiger partial charge in [-0.25, -0.2) is 4.98 Å². The van der Waals surface area contributed by atoms with Crippen LogP contribution >= 0.6 is 27.5 Å². The first-order valence-electron chi connectivity index (χ1n) is 6.96. The number of methoxy groups -OCH3 is 1. The average molecular weight is 360 g/mol. The highest BCUT2D eigenvalue weighted by molar-refractivity contribution is 9.10. The van der Waals surface area contributed by atoms with Gasteiger partial charge in [0, 0.05) is 37.0 Å². The van der Waals surface area contributed by atoms with E-state index >= 15 is 0 Å². The van der Waals surface area contributed by atoms with E-state index in [2.05, 4.69) is 32.6 Å². The van der Waals surface area contributed by atoms with Crippen LogP contribution in [0.2, 0.25) is 0 Å². The van der Waals surface area contributed by atoms with Crippen molar-refractivity contribution in [3.63, 3.8) is 0 Å². The van der Waals surface area contributed by atoms with Gasteiger partial charge in [-0.15, -0.1) is 11.6 Å². The summed E-state index contributed by atoms with van der Waals surface area (Å²) in [4.78, 5) is 4.69. The molecule has 0 aliphatic rings. The zero-order chi connectivity index (χ0) is 14.4. The lowest BCUT2D eigenvalue weighted by molar-refractivity contribution is 0.191. The summed E-state index contributed by atoms with van der Waals surface area (Å²) < 4.78 is 8.47. The zero-order valence-corrected chi connectivity index (χ0v) is 14.1. The summed E-state index contributed by atoms with van der Waals surface area (Å²) >= 11 is 9.42. The molecule has 2 rings (SSSR count). The number of nitrogens with zero attached hydrogens (tertiary/aromatic N) is 2. The smallest absolute Gasteiger partial charge is 0.111 e. The van der Waals surface area contributed by atoms with Crippen molar-refractivity contribution in [2.24, 2.45) is 0 Å². The van der Waals surface area contributed by atoms with Crippen molar-refractivity contribution in [1.29, 1.82) is 0 Å². The van der Waals surface area contributed by atoms with E-state index in [0.29, 0.717) is 5.88 Å². The third-order valence-electron chi connectivity index (χ3n) is 3.34. The number of aryl methyl sites for hydroxylation is 2. The highest BCUT2D eigenvalue weighted by Crippen LogP contribution is 2.22. The predicted octanol–water partition coefficient (Wildman–Crippen LogP) is 4.40. The number of imidazole rings is 1. The van der Waals surface area contributed by atoms with Gasteiger partial charge in [0.2, 0.25) is 0 Å². The summed E-state index contributed by atoms with van der Waals surface area (Å²) in [5.41, 5.74) is 2.23. The predicted molar refractivity (Wildman–Crippen MR) is 87.6 cm³/mol. The van der Waals surface area contributed by atoms with Crippen LogP contribution in [-0.4, -0.2) is 29.1 Å². The molecule has 1 heterocycles. The fourth-order valence-corrected chi connectivity index (χ4v) is 2.88. The Balaban J connectivity index is 2.15. The average Bonchev–Trinajstić information content (AvgIpc) is 2.76. The van der Waals surface area contributed by atoms with E-state index < -0.39 is 0 Å². The van der Waals surface area contributed by atoms with Gasteiger partial charge >= 0.3 is 0 Å². The molecule has 0 spiro atoms. The maximum absolute atomic E-state index is 5.89. The van der Waals surface area contributed by atoms with E-state index in [-0.39, 0.29) is 0 Å². The van der Waals surface area contributed by atoms with Crippen LogP contribution in [0.1, 0.15) is 25.1 Å². The second kappa shape index (κ2) is 8.01. The standard InChI is InChI=1S/C15H20BrClN2O/c1-20-10-4-2-3-9-19-14-11-12(16)5-6-13(14)18-15(19)7-8-17/h5-6,11H,2-4,7-10H2,1H3. The highest BCUT2D eigenvalue weighted by atomic mass is 79.9. The van der Waals surface area contributed by atoms with Crippen LogP contribution < -0.4 is 0 Å². The van der Waals surface area contributed by atoms with E-state index in [1.807, 2.05) is 6.07 Å². The number of fused-ring (bicyclic) bond motifs is 1. The molecule has 0 atom stereocenters. The van der Waals surface area contributed by atoms with Crippen molar-refractivity contribution in [1.82, 2.24) is 9.55 Å². The van der Waals surface area contributed by atoms with Crippen LogP contribution in [-0.2, 0) is 17.7 Å². The summed E-state index contributed by atoms with van der Waals surface area (Å²) in [6, 6.07) is 6.22. The van der Waals surface area contributed by atoms with E-state index in [1.165, 1.54) is 11.9 Å². The van der Waals surface area contributed by atoms with Crippen LogP contribution in [0.15, 0.2) is 22.7 Å². The van der Waals surface area contributed by atoms with E-state index in [4.69, 9.17) is 21.3 Å². The third kappa shape index (κ3) is 3.96. The molecule has 0 unspecified atom stereocenters. The summed E-state index contributed by atoms with van der Waals surface area (Å²) in [7, 11) is 1.75. The molecule has 3 nitrogen and oxygen atoms in total. The van der Waals surface area contributed by atoms with Gasteiger partial charge in [0.05, 0.1) is 11.0 Å². The van der Waals surface area contributed by atoms with Crippen LogP contribution in [0, 0.1) is 0 Å². The van der Waals surface area contributed by atoms with E-state index in [0.717, 1.165) is 48.2 Å². The normalized spacial score (nSPS) is 11.3. The Morgan fingerprint density at radius 2 is 2.15 bits per heavy atom. The Hall–Kier alpha value is -0.580. The first-order chi connectivity index (χ1) is 9.76. The molecule has 0 fully saturated rings. The van der Waals surface area contributed by atoms with Crippen molar-refractivity contribution in [2.45, 2.75) is 32.2 Å². The fraction of sp³-hybridized carbons (Fsp3) is 0.533. The van der Waals surface area contributed by atoms with Crippen molar-refractivity contribution in [3.05, 3.63) is 28.5 Å². The van der Waals surface area contributed by atoms with Crippen molar-refractivity contribution >= 4 is 38.6 Å². The van der Waals surface area contributed by atoms with Gasteiger partial charge < -0.3 is 9.30 Å². The van der Waals surface area contributed by atoms with Gasteiger partial charge in [0.1, 0.15) is 5.82 Å². The molecule has 20 heavy (non-hydrogen) atoms. The van der Waals surface area contributed by atoms with Crippen molar-refractivity contribution < 1.29 is 4.74 Å². The third-order valence-corrected chi connectivity index (χ3v) is 4.02. The monoisotopic (exact) mass is 358 g/mol. The number of hydrogen-bond donors (Lipinski definition) is 0. The zero-order valence-electron chi connectivity index (χ0n) is 11.7. The molecule has 0 saturated carbocycles. The highest BCUT2D eigenvalue weighted by Gasteiger charge is 2.10. The van der Waals surface area contributed by atoms with Gasteiger partial charge in [-0.1, -0.05) is 15.9 Å². The van der Waals surface area contributed by atoms with Crippen LogP contribution in [0.25, 0.3) is 11.0 Å². The lowest BCUT2D eigenvalue weighted by atomic mass is 10.2. The van der Waals surface area contributed by atoms with Crippen molar-refractivity contribution in [2.75, 3.05) is 19.6 Å². The summed E-state index contributed by atoms with van der Waals surface area (Å²) in [6.45, 7) is 1.83. The largest absolute Gasteiger partial charge is 0.385 e. The van der Waals surface area contributed by atoms with Crippen LogP contribution in [0.3, 0.4) is 0 Å². The molecule has 0 amide bonds. The Morgan fingerprint density at radius 1 is 1.30 bits per heavy atom. The van der Waals surface area contributed by atoms with E-state index in [1.54, 1.807) is 7.11 Å². The number of alkyl halides is 1. The number of benzene rings is 1. The number of unbranched alkanes of at least 4 members (excludes halogenated alkanes) is 2. The molecule has 0 aliphatic carbocycles. The molecular formula is C15H20BrClN2O. The minimum absolute atomic E-state index is 0.605. The van der Waals surface area contributed by atoms with Crippen LogP contribution in [0.4, 0.5) is 0 Å². The maximum Gasteiger partial charge on any atom is 0.111 e. The molecule has 0 bridgehead atoms. The summed E-state index contributed by atoms with van der Waals surface area (Å²) in [5.74, 6) is 1.69. The molecule has 110 valence electrons. The molecule has 1 aromatic carbocycles. The minimum atomic E-state index is 0.605. The number of rotatable bonds is 8. The first kappa shape index (κ1) is 15.8. The molecular weight excluding hydrogens is 340 g/mol. The van der Waals surface area contributed by atoms with E-state index in [9.17, 15) is 0 Å². The summed E-state index contributed by atoms with van der Waals surface area (Å²) in [5, 5.41) is 0. The lowest BCUT2D eigenvalue weighted by Crippen LogP contribution is -2.05. The van der Waals surface area contributed by atoms with Gasteiger partial charge in [0.25, 0.3) is 0 Å². The topological polar surface area (TPSA) is 27.1 Å². The molecule has 2 aromatic rings. The van der Waals surface area contributed by atoms with Gasteiger partial charge in [0.15, 0.2) is 0 Å². The van der Waals surface area contributed by atoms with Crippen molar-refractivity contribution in [3.8, 4) is 0 Å². The molecule has 0 aliphatic heterocycles. The fourth-order valence-electron chi connectivity index (χ4n) is 2.36. The molecule has 0 N–H and O–H groups in total. The maximum atomic E-state index is 5.89. The Kier molecular flexibility index (Phi) is 6.33. The lowest BCUT2D eigenvalue weighted by Gasteiger charge is -2.08. The molecule has 0 saturated heterocycles. The van der Waals surface area contributed by atoms with Gasteiger partial charge in [-0.05, 0) is 37.5 Å². The second-order valence-corrected chi connectivity index (χ2v) is 6.10. The number of ether oxygens (including phenoxy) is 1. The minimum Gasteiger partial charge on any atom is -0.385 e. The number of hydrogen-bond acceptors (Lipinski definition) is 2.